The van der Waals surface area contributed by atoms with Gasteiger partial charge in [0.15, 0.2) is 0 Å². The average molecular weight is 271 g/mol. The number of nitrogens with one attached hydrogen (secondary N) is 1. The number of aryl methyl sites for hydroxylation is 1. The van der Waals surface area contributed by atoms with Crippen LogP contribution in [0.15, 0.2) is 54.6 Å². The van der Waals surface area contributed by atoms with Crippen LogP contribution < -0.4 is 0 Å². The zero-order valence-corrected chi connectivity index (χ0v) is 12.3. The van der Waals surface area contributed by atoms with E-state index in [-0.39, 0.29) is 0 Å². The highest BCUT2D eigenvalue weighted by molar-refractivity contribution is 6.21. The quantitative estimate of drug-likeness (QED) is 0.449. The summed E-state index contributed by atoms with van der Waals surface area (Å²) in [5, 5.41) is 5.26. The molecule has 0 saturated carbocycles. The van der Waals surface area contributed by atoms with Gasteiger partial charge in [-0.05, 0) is 36.4 Å². The summed E-state index contributed by atoms with van der Waals surface area (Å²) in [4.78, 5) is 3.61. The van der Waals surface area contributed by atoms with Crippen LogP contribution in [0.4, 0.5) is 0 Å². The normalized spacial score (nSPS) is 12.1. The summed E-state index contributed by atoms with van der Waals surface area (Å²) in [5.74, 6) is 0. The lowest BCUT2D eigenvalue weighted by Gasteiger charge is -2.09. The Balaban J connectivity index is 2.38. The molecule has 1 heteroatoms. The second-order valence-electron chi connectivity index (χ2n) is 5.50. The first-order valence-electron chi connectivity index (χ1n) is 7.35. The van der Waals surface area contributed by atoms with Crippen molar-refractivity contribution in [1.29, 1.82) is 0 Å². The summed E-state index contributed by atoms with van der Waals surface area (Å²) >= 11 is 0. The molecule has 1 heterocycles. The highest BCUT2D eigenvalue weighted by atomic mass is 14.7. The van der Waals surface area contributed by atoms with Crippen LogP contribution in [0, 0.1) is 6.92 Å². The van der Waals surface area contributed by atoms with Crippen LogP contribution in [0.25, 0.3) is 38.7 Å². The molecule has 1 N–H and O–H groups in total. The Morgan fingerprint density at radius 1 is 0.857 bits per heavy atom. The predicted molar refractivity (Wildman–Crippen MR) is 92.8 cm³/mol. The van der Waals surface area contributed by atoms with Crippen molar-refractivity contribution in [2.24, 2.45) is 0 Å². The number of hydrogen-bond donors (Lipinski definition) is 1. The number of allylic oxidation sites excluding steroid dienone is 1. The minimum Gasteiger partial charge on any atom is -0.354 e. The third-order valence-corrected chi connectivity index (χ3v) is 4.31. The van der Waals surface area contributed by atoms with Crippen LogP contribution in [0.1, 0.15) is 18.1 Å². The lowest BCUT2D eigenvalue weighted by atomic mass is 9.94. The Kier molecular flexibility index (Phi) is 2.61. The van der Waals surface area contributed by atoms with Gasteiger partial charge in [-0.15, -0.1) is 0 Å². The number of aromatic amines is 1. The molecule has 0 atom stereocenters. The first-order valence-corrected chi connectivity index (χ1v) is 7.35. The van der Waals surface area contributed by atoms with Crippen molar-refractivity contribution in [3.63, 3.8) is 0 Å². The molecule has 3 aromatic carbocycles. The van der Waals surface area contributed by atoms with E-state index in [0.29, 0.717) is 0 Å². The predicted octanol–water partition coefficient (Wildman–Crippen LogP) is 5.82. The molecule has 21 heavy (non-hydrogen) atoms. The second-order valence-corrected chi connectivity index (χ2v) is 5.50. The highest BCUT2D eigenvalue weighted by Gasteiger charge is 2.13. The van der Waals surface area contributed by atoms with Crippen molar-refractivity contribution >= 4 is 38.7 Å². The number of benzene rings is 3. The van der Waals surface area contributed by atoms with E-state index >= 15 is 0 Å². The first kappa shape index (κ1) is 12.2. The van der Waals surface area contributed by atoms with Crippen molar-refractivity contribution in [3.8, 4) is 0 Å². The van der Waals surface area contributed by atoms with Gasteiger partial charge < -0.3 is 4.98 Å². The van der Waals surface area contributed by atoms with Crippen molar-refractivity contribution < 1.29 is 0 Å². The van der Waals surface area contributed by atoms with Crippen molar-refractivity contribution in [1.82, 2.24) is 4.98 Å². The molecule has 0 spiro atoms. The fourth-order valence-corrected chi connectivity index (χ4v) is 3.36. The molecule has 4 aromatic rings. The SMILES string of the molecule is C/C=C\c1c(C)c2ccccc2c2[nH]c3ccccc3c12. The maximum absolute atomic E-state index is 3.61. The molecule has 0 unspecified atom stereocenters. The smallest absolute Gasteiger partial charge is 0.0550 e. The lowest BCUT2D eigenvalue weighted by Crippen LogP contribution is -1.87. The number of rotatable bonds is 1. The maximum Gasteiger partial charge on any atom is 0.0550 e. The topological polar surface area (TPSA) is 15.8 Å². The van der Waals surface area contributed by atoms with Crippen LogP contribution in [0.2, 0.25) is 0 Å². The Bertz CT molecular complexity index is 1000. The monoisotopic (exact) mass is 271 g/mol. The molecule has 0 aliphatic carbocycles. The van der Waals surface area contributed by atoms with Gasteiger partial charge in [0.1, 0.15) is 0 Å². The van der Waals surface area contributed by atoms with Gasteiger partial charge in [-0.1, -0.05) is 54.6 Å². The molecule has 0 amide bonds. The van der Waals surface area contributed by atoms with Crippen LogP contribution in [0.3, 0.4) is 0 Å². The van der Waals surface area contributed by atoms with Crippen LogP contribution in [-0.2, 0) is 0 Å². The van der Waals surface area contributed by atoms with Crippen molar-refractivity contribution in [3.05, 3.63) is 65.7 Å². The summed E-state index contributed by atoms with van der Waals surface area (Å²) < 4.78 is 0. The van der Waals surface area contributed by atoms with E-state index in [4.69, 9.17) is 0 Å². The standard InChI is InChI=1S/C20H17N/c1-3-8-15-13(2)14-9-4-5-10-16(14)20-19(15)17-11-6-7-12-18(17)21-20/h3-12,21H,1-2H3/b8-3-. The van der Waals surface area contributed by atoms with Crippen molar-refractivity contribution in [2.45, 2.75) is 13.8 Å². The molecule has 1 nitrogen and oxygen atoms in total. The minimum atomic E-state index is 1.20. The number of hydrogen-bond acceptors (Lipinski definition) is 0. The molecular weight excluding hydrogens is 254 g/mol. The molecule has 0 radical (unpaired) electrons. The van der Waals surface area contributed by atoms with Gasteiger partial charge >= 0.3 is 0 Å². The molecule has 0 saturated heterocycles. The number of aromatic nitrogens is 1. The highest BCUT2D eigenvalue weighted by Crippen LogP contribution is 2.37. The molecule has 4 rings (SSSR count). The average Bonchev–Trinajstić information content (AvgIpc) is 2.91. The summed E-state index contributed by atoms with van der Waals surface area (Å²) in [5.41, 5.74) is 5.11. The lowest BCUT2D eigenvalue weighted by molar-refractivity contribution is 1.51. The van der Waals surface area contributed by atoms with Gasteiger partial charge in [-0.2, -0.15) is 0 Å². The third-order valence-electron chi connectivity index (χ3n) is 4.31. The summed E-state index contributed by atoms with van der Waals surface area (Å²) in [6, 6.07) is 17.2. The van der Waals surface area contributed by atoms with E-state index in [2.05, 4.69) is 79.5 Å². The number of fused-ring (bicyclic) bond motifs is 5. The molecule has 0 fully saturated rings. The second kappa shape index (κ2) is 4.49. The van der Waals surface area contributed by atoms with Gasteiger partial charge in [-0.25, -0.2) is 0 Å². The third kappa shape index (κ3) is 1.64. The number of H-pyrrole nitrogens is 1. The van der Waals surface area contributed by atoms with E-state index in [1.54, 1.807) is 0 Å². The Morgan fingerprint density at radius 3 is 2.29 bits per heavy atom. The molecule has 0 aliphatic rings. The van der Waals surface area contributed by atoms with E-state index in [0.717, 1.165) is 0 Å². The van der Waals surface area contributed by atoms with E-state index in [1.165, 1.54) is 43.7 Å². The Labute approximate surface area is 123 Å². The van der Waals surface area contributed by atoms with Gasteiger partial charge in [0.05, 0.1) is 5.52 Å². The zero-order valence-electron chi connectivity index (χ0n) is 12.3. The molecule has 102 valence electrons. The molecule has 0 aliphatic heterocycles. The molecular formula is C20H17N. The minimum absolute atomic E-state index is 1.20. The molecule has 1 aromatic heterocycles. The van der Waals surface area contributed by atoms with E-state index < -0.39 is 0 Å². The van der Waals surface area contributed by atoms with Gasteiger partial charge in [0.25, 0.3) is 0 Å². The van der Waals surface area contributed by atoms with Crippen LogP contribution in [0.5, 0.6) is 0 Å². The Morgan fingerprint density at radius 2 is 1.52 bits per heavy atom. The van der Waals surface area contributed by atoms with Crippen LogP contribution >= 0.6 is 0 Å². The van der Waals surface area contributed by atoms with Gasteiger partial charge in [0, 0.05) is 21.7 Å². The number of para-hydroxylation sites is 1. The van der Waals surface area contributed by atoms with E-state index in [9.17, 15) is 0 Å². The van der Waals surface area contributed by atoms with Gasteiger partial charge in [-0.3, -0.25) is 0 Å². The maximum atomic E-state index is 3.61. The fraction of sp³-hybridized carbons (Fsp3) is 0.100. The van der Waals surface area contributed by atoms with Gasteiger partial charge in [0.2, 0.25) is 0 Å². The first-order chi connectivity index (χ1) is 10.3. The van der Waals surface area contributed by atoms with Crippen LogP contribution in [-0.4, -0.2) is 4.98 Å². The van der Waals surface area contributed by atoms with E-state index in [1.807, 2.05) is 0 Å². The summed E-state index contributed by atoms with van der Waals surface area (Å²) in [6.45, 7) is 4.30. The molecule has 0 bridgehead atoms. The largest absolute Gasteiger partial charge is 0.354 e. The van der Waals surface area contributed by atoms with Crippen molar-refractivity contribution in [2.75, 3.05) is 0 Å². The zero-order chi connectivity index (χ0) is 14.4. The Hall–Kier alpha value is -2.54. The summed E-state index contributed by atoms with van der Waals surface area (Å²) in [6.07, 6.45) is 4.35. The fourth-order valence-electron chi connectivity index (χ4n) is 3.36. The summed E-state index contributed by atoms with van der Waals surface area (Å²) in [7, 11) is 0.